The van der Waals surface area contributed by atoms with Crippen molar-refractivity contribution in [3.63, 3.8) is 0 Å². The molecule has 11 heteroatoms. The third kappa shape index (κ3) is 7.88. The summed E-state index contributed by atoms with van der Waals surface area (Å²) in [6.45, 7) is 3.17. The second-order valence-electron chi connectivity index (χ2n) is 6.34. The Morgan fingerprint density at radius 2 is 1.80 bits per heavy atom. The Kier molecular flexibility index (Phi) is 10.7. The van der Waals surface area contributed by atoms with Crippen molar-refractivity contribution in [1.82, 2.24) is 15.4 Å². The molecular formula is C19H26IN5O4S. The molecule has 0 amide bonds. The van der Waals surface area contributed by atoms with Gasteiger partial charge in [-0.1, -0.05) is 43.3 Å². The lowest BCUT2D eigenvalue weighted by Crippen LogP contribution is -2.42. The molecule has 1 unspecified atom stereocenters. The molecule has 0 saturated carbocycles. The van der Waals surface area contributed by atoms with Crippen LogP contribution in [-0.2, 0) is 10.0 Å². The molecular weight excluding hydrogens is 521 g/mol. The number of hydrogen-bond acceptors (Lipinski definition) is 5. The Bertz CT molecular complexity index is 954. The van der Waals surface area contributed by atoms with E-state index in [4.69, 9.17) is 0 Å². The summed E-state index contributed by atoms with van der Waals surface area (Å²) >= 11 is 0. The lowest BCUT2D eigenvalue weighted by atomic mass is 10.0. The lowest BCUT2D eigenvalue weighted by molar-refractivity contribution is -0.385. The molecule has 30 heavy (non-hydrogen) atoms. The predicted molar refractivity (Wildman–Crippen MR) is 128 cm³/mol. The first-order valence-corrected chi connectivity index (χ1v) is 10.6. The minimum absolute atomic E-state index is 0. The van der Waals surface area contributed by atoms with Crippen LogP contribution in [0.25, 0.3) is 0 Å². The molecule has 0 fully saturated rings. The smallest absolute Gasteiger partial charge is 0.270 e. The summed E-state index contributed by atoms with van der Waals surface area (Å²) < 4.78 is 27.0. The van der Waals surface area contributed by atoms with Crippen molar-refractivity contribution >= 4 is 45.6 Å². The average molecular weight is 547 g/mol. The van der Waals surface area contributed by atoms with Crippen molar-refractivity contribution < 1.29 is 13.3 Å². The average Bonchev–Trinajstić information content (AvgIpc) is 2.73. The molecule has 0 aliphatic rings. The van der Waals surface area contributed by atoms with Crippen LogP contribution in [0.5, 0.6) is 0 Å². The highest BCUT2D eigenvalue weighted by Crippen LogP contribution is 2.17. The van der Waals surface area contributed by atoms with Gasteiger partial charge in [0.05, 0.1) is 9.82 Å². The zero-order valence-electron chi connectivity index (χ0n) is 16.7. The van der Waals surface area contributed by atoms with Gasteiger partial charge in [-0.3, -0.25) is 15.1 Å². The monoisotopic (exact) mass is 547 g/mol. The summed E-state index contributed by atoms with van der Waals surface area (Å²) in [7, 11) is -2.20. The zero-order chi connectivity index (χ0) is 21.3. The van der Waals surface area contributed by atoms with Crippen LogP contribution in [0.15, 0.2) is 64.5 Å². The summed E-state index contributed by atoms with van der Waals surface area (Å²) in [6, 6.07) is 15.0. The van der Waals surface area contributed by atoms with Gasteiger partial charge in [-0.15, -0.1) is 24.0 Å². The second kappa shape index (κ2) is 12.4. The fourth-order valence-corrected chi connectivity index (χ4v) is 3.65. The first kappa shape index (κ1) is 25.8. The van der Waals surface area contributed by atoms with E-state index >= 15 is 0 Å². The van der Waals surface area contributed by atoms with E-state index in [1.165, 1.54) is 23.8 Å². The first-order chi connectivity index (χ1) is 13.8. The number of nitro groups is 1. The maximum absolute atomic E-state index is 12.3. The molecule has 0 heterocycles. The Morgan fingerprint density at radius 1 is 1.10 bits per heavy atom. The van der Waals surface area contributed by atoms with Crippen LogP contribution < -0.4 is 15.4 Å². The molecule has 0 aliphatic carbocycles. The SMILES string of the molecule is CN=C(NCCNS(=O)(=O)c1cccc([N+](=O)[O-])c1)NCC(C)c1ccccc1.I. The predicted octanol–water partition coefficient (Wildman–Crippen LogP) is 2.46. The van der Waals surface area contributed by atoms with E-state index in [0.29, 0.717) is 19.0 Å². The molecule has 0 radical (unpaired) electrons. The number of rotatable bonds is 9. The minimum atomic E-state index is -3.84. The van der Waals surface area contributed by atoms with Crippen molar-refractivity contribution in [3.8, 4) is 0 Å². The molecule has 9 nitrogen and oxygen atoms in total. The maximum atomic E-state index is 12.3. The number of sulfonamides is 1. The fraction of sp³-hybridized carbons (Fsp3) is 0.316. The number of halogens is 1. The van der Waals surface area contributed by atoms with Gasteiger partial charge in [0.15, 0.2) is 5.96 Å². The second-order valence-corrected chi connectivity index (χ2v) is 8.11. The van der Waals surface area contributed by atoms with Crippen LogP contribution in [-0.4, -0.2) is 46.0 Å². The quantitative estimate of drug-likeness (QED) is 0.111. The van der Waals surface area contributed by atoms with E-state index in [1.807, 2.05) is 18.2 Å². The number of hydrogen-bond donors (Lipinski definition) is 3. The molecule has 164 valence electrons. The van der Waals surface area contributed by atoms with Crippen LogP contribution in [0, 0.1) is 10.1 Å². The number of nitro benzene ring substituents is 1. The van der Waals surface area contributed by atoms with Crippen LogP contribution in [0.4, 0.5) is 5.69 Å². The summed E-state index contributed by atoms with van der Waals surface area (Å²) in [5, 5.41) is 17.0. The first-order valence-electron chi connectivity index (χ1n) is 9.07. The molecule has 2 aromatic rings. The summed E-state index contributed by atoms with van der Waals surface area (Å²) in [6.07, 6.45) is 0. The number of nitrogens with zero attached hydrogens (tertiary/aromatic N) is 2. The number of non-ortho nitro benzene ring substituents is 1. The van der Waals surface area contributed by atoms with Crippen molar-refractivity contribution in [2.45, 2.75) is 17.7 Å². The standard InChI is InChI=1S/C19H25N5O4S.HI/c1-15(16-7-4-3-5-8-16)14-22-19(20-2)21-11-12-23-29(27,28)18-10-6-9-17(13-18)24(25)26;/h3-10,13,15,23H,11-12,14H2,1-2H3,(H2,20,21,22);1H. The molecule has 2 rings (SSSR count). The summed E-state index contributed by atoms with van der Waals surface area (Å²) in [5.74, 6) is 0.837. The van der Waals surface area contributed by atoms with Crippen molar-refractivity contribution in [2.75, 3.05) is 26.7 Å². The Hall–Kier alpha value is -2.25. The normalized spacial score (nSPS) is 12.5. The number of benzene rings is 2. The van der Waals surface area contributed by atoms with Crippen LogP contribution in [0.1, 0.15) is 18.4 Å². The van der Waals surface area contributed by atoms with Gasteiger partial charge in [0.1, 0.15) is 0 Å². The Morgan fingerprint density at radius 3 is 2.43 bits per heavy atom. The van der Waals surface area contributed by atoms with E-state index < -0.39 is 14.9 Å². The van der Waals surface area contributed by atoms with E-state index in [1.54, 1.807) is 7.05 Å². The van der Waals surface area contributed by atoms with E-state index in [-0.39, 0.29) is 47.0 Å². The van der Waals surface area contributed by atoms with Gasteiger partial charge in [0.2, 0.25) is 10.0 Å². The summed E-state index contributed by atoms with van der Waals surface area (Å²) in [4.78, 5) is 14.1. The van der Waals surface area contributed by atoms with Crippen molar-refractivity contribution in [3.05, 3.63) is 70.3 Å². The van der Waals surface area contributed by atoms with Gasteiger partial charge in [0, 0.05) is 38.8 Å². The minimum Gasteiger partial charge on any atom is -0.356 e. The van der Waals surface area contributed by atoms with Gasteiger partial charge in [-0.2, -0.15) is 0 Å². The number of nitrogens with one attached hydrogen (secondary N) is 3. The number of guanidine groups is 1. The Labute approximate surface area is 193 Å². The molecule has 3 N–H and O–H groups in total. The molecule has 0 saturated heterocycles. The Balaban J connectivity index is 0.00000450. The molecule has 0 spiro atoms. The third-order valence-corrected chi connectivity index (χ3v) is 5.67. The lowest BCUT2D eigenvalue weighted by Gasteiger charge is -2.16. The highest BCUT2D eigenvalue weighted by atomic mass is 127. The van der Waals surface area contributed by atoms with E-state index in [9.17, 15) is 18.5 Å². The van der Waals surface area contributed by atoms with Gasteiger partial charge in [-0.05, 0) is 17.5 Å². The zero-order valence-corrected chi connectivity index (χ0v) is 19.9. The van der Waals surface area contributed by atoms with Gasteiger partial charge in [-0.25, -0.2) is 13.1 Å². The van der Waals surface area contributed by atoms with E-state index in [0.717, 1.165) is 6.07 Å². The molecule has 2 aromatic carbocycles. The van der Waals surface area contributed by atoms with Crippen LogP contribution in [0.2, 0.25) is 0 Å². The van der Waals surface area contributed by atoms with Gasteiger partial charge >= 0.3 is 0 Å². The molecule has 0 aromatic heterocycles. The molecule has 1 atom stereocenters. The van der Waals surface area contributed by atoms with Crippen LogP contribution >= 0.6 is 24.0 Å². The summed E-state index contributed by atoms with van der Waals surface area (Å²) in [5.41, 5.74) is 0.934. The van der Waals surface area contributed by atoms with Gasteiger partial charge < -0.3 is 10.6 Å². The largest absolute Gasteiger partial charge is 0.356 e. The van der Waals surface area contributed by atoms with Crippen molar-refractivity contribution in [1.29, 1.82) is 0 Å². The maximum Gasteiger partial charge on any atom is 0.270 e. The molecule has 0 bridgehead atoms. The topological polar surface area (TPSA) is 126 Å². The molecule has 0 aliphatic heterocycles. The highest BCUT2D eigenvalue weighted by Gasteiger charge is 2.17. The number of aliphatic imine (C=N–C) groups is 1. The highest BCUT2D eigenvalue weighted by molar-refractivity contribution is 14.0. The van der Waals surface area contributed by atoms with Crippen molar-refractivity contribution in [2.24, 2.45) is 4.99 Å². The van der Waals surface area contributed by atoms with Crippen LogP contribution in [0.3, 0.4) is 0 Å². The van der Waals surface area contributed by atoms with E-state index in [2.05, 4.69) is 39.4 Å². The fourth-order valence-electron chi connectivity index (χ4n) is 2.58. The van der Waals surface area contributed by atoms with Gasteiger partial charge in [0.25, 0.3) is 5.69 Å². The third-order valence-electron chi connectivity index (χ3n) is 4.22.